The summed E-state index contributed by atoms with van der Waals surface area (Å²) >= 11 is 2.09. The van der Waals surface area contributed by atoms with Crippen molar-refractivity contribution in [3.8, 4) is 0 Å². The number of carbonyl (C=O) groups is 1. The van der Waals surface area contributed by atoms with Gasteiger partial charge in [0.1, 0.15) is 0 Å². The van der Waals surface area contributed by atoms with Crippen molar-refractivity contribution in [3.05, 3.63) is 44.5 Å². The van der Waals surface area contributed by atoms with E-state index < -0.39 is 11.7 Å². The number of nitrogens with zero attached hydrogens (tertiary/aromatic N) is 1. The van der Waals surface area contributed by atoms with E-state index in [0.29, 0.717) is 5.56 Å². The second kappa shape index (κ2) is 5.75. The molecule has 2 rings (SSSR count). The highest BCUT2D eigenvalue weighted by Gasteiger charge is 2.35. The molecule has 0 spiro atoms. The first-order valence-corrected chi connectivity index (χ1v) is 7.19. The van der Waals surface area contributed by atoms with Gasteiger partial charge in [-0.05, 0) is 47.6 Å². The zero-order valence-electron chi connectivity index (χ0n) is 10.8. The van der Waals surface area contributed by atoms with Crippen LogP contribution < -0.4 is 0 Å². The summed E-state index contributed by atoms with van der Waals surface area (Å²) in [5.74, 6) is -0.212. The van der Waals surface area contributed by atoms with Crippen LogP contribution >= 0.6 is 22.6 Å². The molecule has 0 bridgehead atoms. The number of rotatable bonds is 1. The van der Waals surface area contributed by atoms with Crippen molar-refractivity contribution >= 4 is 28.5 Å². The van der Waals surface area contributed by atoms with Crippen LogP contribution in [0.4, 0.5) is 13.2 Å². The number of halogens is 4. The highest BCUT2D eigenvalue weighted by atomic mass is 127. The first kappa shape index (κ1) is 15.3. The highest BCUT2D eigenvalue weighted by molar-refractivity contribution is 14.1. The van der Waals surface area contributed by atoms with Crippen LogP contribution in [-0.4, -0.2) is 30.1 Å². The molecule has 2 nitrogen and oxygen atoms in total. The summed E-state index contributed by atoms with van der Waals surface area (Å²) in [6.07, 6.45) is -3.32. The predicted molar refractivity (Wildman–Crippen MR) is 78.6 cm³/mol. The smallest absolute Gasteiger partial charge is 0.335 e. The number of hydrogen-bond acceptors (Lipinski definition) is 1. The maximum atomic E-state index is 12.5. The van der Waals surface area contributed by atoms with Gasteiger partial charge in [0.15, 0.2) is 0 Å². The molecular weight excluding hydrogens is 382 g/mol. The molecule has 1 aromatic rings. The molecule has 0 radical (unpaired) electrons. The molecule has 0 saturated heterocycles. The summed E-state index contributed by atoms with van der Waals surface area (Å²) in [6, 6.07) is 5.39. The number of aryl methyl sites for hydroxylation is 1. The Bertz CT molecular complexity index is 566. The van der Waals surface area contributed by atoms with Crippen molar-refractivity contribution in [3.63, 3.8) is 0 Å². The molecule has 0 saturated carbocycles. The van der Waals surface area contributed by atoms with Crippen LogP contribution in [-0.2, 0) is 0 Å². The van der Waals surface area contributed by atoms with Crippen molar-refractivity contribution in [1.29, 1.82) is 0 Å². The average Bonchev–Trinajstić information content (AvgIpc) is 2.40. The molecule has 108 valence electrons. The van der Waals surface area contributed by atoms with Gasteiger partial charge in [0.05, 0.1) is 5.56 Å². The van der Waals surface area contributed by atoms with Crippen LogP contribution in [0.15, 0.2) is 29.8 Å². The van der Waals surface area contributed by atoms with Gasteiger partial charge in [-0.3, -0.25) is 4.79 Å². The Morgan fingerprint density at radius 3 is 2.60 bits per heavy atom. The molecule has 0 atom stereocenters. The number of benzene rings is 1. The molecule has 0 N–H and O–H groups in total. The van der Waals surface area contributed by atoms with Gasteiger partial charge in [-0.15, -0.1) is 0 Å². The lowest BCUT2D eigenvalue weighted by Gasteiger charge is -2.27. The van der Waals surface area contributed by atoms with Crippen LogP contribution in [0.25, 0.3) is 0 Å². The Labute approximate surface area is 128 Å². The second-order valence-electron chi connectivity index (χ2n) is 4.66. The van der Waals surface area contributed by atoms with Gasteiger partial charge in [-0.1, -0.05) is 18.2 Å². The summed E-state index contributed by atoms with van der Waals surface area (Å²) < 4.78 is 38.5. The maximum absolute atomic E-state index is 12.5. The molecule has 1 aliphatic heterocycles. The van der Waals surface area contributed by atoms with Gasteiger partial charge in [-0.2, -0.15) is 13.2 Å². The van der Waals surface area contributed by atoms with Gasteiger partial charge in [-0.25, -0.2) is 0 Å². The minimum Gasteiger partial charge on any atom is -0.335 e. The molecule has 0 aliphatic carbocycles. The number of hydrogen-bond donors (Lipinski definition) is 0. The van der Waals surface area contributed by atoms with E-state index in [1.807, 2.05) is 13.0 Å². The van der Waals surface area contributed by atoms with E-state index in [9.17, 15) is 18.0 Å². The lowest BCUT2D eigenvalue weighted by Crippen LogP contribution is -2.37. The number of amides is 1. The molecule has 1 heterocycles. The molecule has 20 heavy (non-hydrogen) atoms. The SMILES string of the molecule is Cc1cccc(C(=O)N2CC=C(C(F)(F)F)CC2)c1I. The third-order valence-electron chi connectivity index (χ3n) is 3.28. The zero-order valence-corrected chi connectivity index (χ0v) is 13.0. The van der Waals surface area contributed by atoms with Crippen molar-refractivity contribution in [1.82, 2.24) is 4.90 Å². The molecule has 1 aromatic carbocycles. The monoisotopic (exact) mass is 395 g/mol. The lowest BCUT2D eigenvalue weighted by molar-refractivity contribution is -0.0957. The van der Waals surface area contributed by atoms with E-state index in [-0.39, 0.29) is 25.4 Å². The van der Waals surface area contributed by atoms with E-state index in [1.165, 1.54) is 4.90 Å². The van der Waals surface area contributed by atoms with E-state index in [1.54, 1.807) is 12.1 Å². The minimum atomic E-state index is -4.28. The fourth-order valence-corrected chi connectivity index (χ4v) is 2.68. The Morgan fingerprint density at radius 2 is 2.05 bits per heavy atom. The first-order valence-electron chi connectivity index (χ1n) is 6.11. The van der Waals surface area contributed by atoms with Gasteiger partial charge in [0.2, 0.25) is 0 Å². The Hall–Kier alpha value is -1.05. The summed E-state index contributed by atoms with van der Waals surface area (Å²) in [5, 5.41) is 0. The summed E-state index contributed by atoms with van der Waals surface area (Å²) in [5.41, 5.74) is 0.995. The highest BCUT2D eigenvalue weighted by Crippen LogP contribution is 2.30. The molecule has 0 unspecified atom stereocenters. The molecule has 0 aromatic heterocycles. The van der Waals surface area contributed by atoms with Gasteiger partial charge in [0, 0.05) is 22.2 Å². The number of alkyl halides is 3. The van der Waals surface area contributed by atoms with Crippen LogP contribution in [0.5, 0.6) is 0 Å². The number of carbonyl (C=O) groups excluding carboxylic acids is 1. The molecule has 1 aliphatic rings. The zero-order chi connectivity index (χ0) is 14.9. The van der Waals surface area contributed by atoms with E-state index in [4.69, 9.17) is 0 Å². The lowest BCUT2D eigenvalue weighted by atomic mass is 10.1. The molecular formula is C14H13F3INO. The Balaban J connectivity index is 2.17. The quantitative estimate of drug-likeness (QED) is 0.521. The largest absolute Gasteiger partial charge is 0.412 e. The van der Waals surface area contributed by atoms with Gasteiger partial charge < -0.3 is 4.90 Å². The van der Waals surface area contributed by atoms with Gasteiger partial charge in [0.25, 0.3) is 5.91 Å². The average molecular weight is 395 g/mol. The van der Waals surface area contributed by atoms with Crippen LogP contribution in [0, 0.1) is 10.5 Å². The fraction of sp³-hybridized carbons (Fsp3) is 0.357. The Kier molecular flexibility index (Phi) is 4.41. The minimum absolute atomic E-state index is 0.0116. The first-order chi connectivity index (χ1) is 9.30. The van der Waals surface area contributed by atoms with E-state index >= 15 is 0 Å². The van der Waals surface area contributed by atoms with Crippen molar-refractivity contribution in [2.45, 2.75) is 19.5 Å². The topological polar surface area (TPSA) is 20.3 Å². The fourth-order valence-electron chi connectivity index (χ4n) is 2.09. The van der Waals surface area contributed by atoms with Crippen molar-refractivity contribution in [2.24, 2.45) is 0 Å². The molecule has 0 fully saturated rings. The van der Waals surface area contributed by atoms with E-state index in [2.05, 4.69) is 22.6 Å². The van der Waals surface area contributed by atoms with Gasteiger partial charge >= 0.3 is 6.18 Å². The van der Waals surface area contributed by atoms with E-state index in [0.717, 1.165) is 15.2 Å². The van der Waals surface area contributed by atoms with Crippen LogP contribution in [0.2, 0.25) is 0 Å². The Morgan fingerprint density at radius 1 is 1.35 bits per heavy atom. The standard InChI is InChI=1S/C14H13F3INO/c1-9-3-2-4-11(12(9)18)13(20)19-7-5-10(6-8-19)14(15,16)17/h2-5H,6-8H2,1H3. The van der Waals surface area contributed by atoms with Crippen molar-refractivity contribution < 1.29 is 18.0 Å². The van der Waals surface area contributed by atoms with Crippen LogP contribution in [0.1, 0.15) is 22.3 Å². The van der Waals surface area contributed by atoms with Crippen LogP contribution in [0.3, 0.4) is 0 Å². The predicted octanol–water partition coefficient (Wildman–Crippen LogP) is 3.93. The van der Waals surface area contributed by atoms with Crippen molar-refractivity contribution in [2.75, 3.05) is 13.1 Å². The third-order valence-corrected chi connectivity index (χ3v) is 4.71. The summed E-state index contributed by atoms with van der Waals surface area (Å²) in [6.45, 7) is 2.02. The normalized spacial score (nSPS) is 16.1. The maximum Gasteiger partial charge on any atom is 0.412 e. The third kappa shape index (κ3) is 3.16. The second-order valence-corrected chi connectivity index (χ2v) is 5.74. The summed E-state index contributed by atoms with van der Waals surface area (Å²) in [7, 11) is 0. The molecule has 6 heteroatoms. The molecule has 1 amide bonds. The summed E-state index contributed by atoms with van der Waals surface area (Å²) in [4.78, 5) is 13.8.